The number of methoxy groups -OCH3 is 1. The molecule has 0 spiro atoms. The Labute approximate surface area is 98.2 Å². The van der Waals surface area contributed by atoms with Gasteiger partial charge in [-0.3, -0.25) is 0 Å². The van der Waals surface area contributed by atoms with Gasteiger partial charge in [0.05, 0.1) is 7.11 Å². The molecular formula is C13H23NO2. The normalized spacial score (nSPS) is 19.8. The summed E-state index contributed by atoms with van der Waals surface area (Å²) in [5.41, 5.74) is 0.675. The van der Waals surface area contributed by atoms with Gasteiger partial charge in [-0.05, 0) is 32.6 Å². The van der Waals surface area contributed by atoms with Crippen LogP contribution < -0.4 is 5.32 Å². The number of carbonyl (C=O) groups is 1. The minimum Gasteiger partial charge on any atom is -0.466 e. The van der Waals surface area contributed by atoms with Crippen LogP contribution in [0.1, 0.15) is 39.5 Å². The van der Waals surface area contributed by atoms with Gasteiger partial charge in [0.2, 0.25) is 0 Å². The zero-order valence-corrected chi connectivity index (χ0v) is 10.6. The third kappa shape index (κ3) is 3.97. The van der Waals surface area contributed by atoms with E-state index >= 15 is 0 Å². The Kier molecular flexibility index (Phi) is 5.53. The lowest BCUT2D eigenvalue weighted by Crippen LogP contribution is -2.32. The maximum atomic E-state index is 11.1. The van der Waals surface area contributed by atoms with E-state index in [-0.39, 0.29) is 5.97 Å². The first-order valence-electron chi connectivity index (χ1n) is 6.13. The smallest absolute Gasteiger partial charge is 0.333 e. The lowest BCUT2D eigenvalue weighted by atomic mass is 10.00. The van der Waals surface area contributed by atoms with Crippen molar-refractivity contribution in [3.63, 3.8) is 0 Å². The van der Waals surface area contributed by atoms with Crippen LogP contribution in [0.5, 0.6) is 0 Å². The van der Waals surface area contributed by atoms with Gasteiger partial charge in [-0.25, -0.2) is 4.79 Å². The van der Waals surface area contributed by atoms with Crippen LogP contribution in [-0.2, 0) is 9.53 Å². The summed E-state index contributed by atoms with van der Waals surface area (Å²) < 4.78 is 4.63. The first kappa shape index (κ1) is 13.2. The fraction of sp³-hybridized carbons (Fsp3) is 0.769. The molecule has 0 aromatic rings. The van der Waals surface area contributed by atoms with Gasteiger partial charge in [-0.2, -0.15) is 0 Å². The van der Waals surface area contributed by atoms with Crippen molar-refractivity contribution < 1.29 is 9.53 Å². The molecule has 0 heterocycles. The molecule has 0 aromatic carbocycles. The van der Waals surface area contributed by atoms with E-state index in [9.17, 15) is 4.79 Å². The monoisotopic (exact) mass is 225 g/mol. The summed E-state index contributed by atoms with van der Waals surface area (Å²) in [5, 5.41) is 3.45. The van der Waals surface area contributed by atoms with Crippen molar-refractivity contribution >= 4 is 5.97 Å². The average molecular weight is 225 g/mol. The number of esters is 1. The van der Waals surface area contributed by atoms with E-state index in [1.807, 2.05) is 6.08 Å². The van der Waals surface area contributed by atoms with Crippen LogP contribution in [0.25, 0.3) is 0 Å². The second-order valence-corrected chi connectivity index (χ2v) is 4.62. The first-order valence-corrected chi connectivity index (χ1v) is 6.13. The van der Waals surface area contributed by atoms with Crippen LogP contribution in [0.2, 0.25) is 0 Å². The number of carbonyl (C=O) groups excluding carboxylic acids is 1. The van der Waals surface area contributed by atoms with Crippen molar-refractivity contribution in [1.82, 2.24) is 5.32 Å². The van der Waals surface area contributed by atoms with Crippen molar-refractivity contribution in [3.8, 4) is 0 Å². The Morgan fingerprint density at radius 3 is 2.69 bits per heavy atom. The molecule has 1 rings (SSSR count). The minimum absolute atomic E-state index is 0.240. The quantitative estimate of drug-likeness (QED) is 0.576. The Balaban J connectivity index is 2.25. The van der Waals surface area contributed by atoms with Gasteiger partial charge in [0.15, 0.2) is 0 Å². The molecule has 3 nitrogen and oxygen atoms in total. The van der Waals surface area contributed by atoms with Crippen molar-refractivity contribution in [2.75, 3.05) is 13.7 Å². The van der Waals surface area contributed by atoms with Crippen LogP contribution in [0, 0.1) is 5.92 Å². The second-order valence-electron chi connectivity index (χ2n) is 4.62. The molecule has 0 aromatic heterocycles. The van der Waals surface area contributed by atoms with E-state index in [0.717, 1.165) is 12.5 Å². The highest BCUT2D eigenvalue weighted by molar-refractivity contribution is 5.87. The highest BCUT2D eigenvalue weighted by Crippen LogP contribution is 2.27. The molecule has 1 atom stereocenters. The third-order valence-electron chi connectivity index (χ3n) is 3.46. The Hall–Kier alpha value is -0.830. The Morgan fingerprint density at radius 2 is 2.12 bits per heavy atom. The summed E-state index contributed by atoms with van der Waals surface area (Å²) in [6, 6.07) is 0.546. The molecule has 16 heavy (non-hydrogen) atoms. The van der Waals surface area contributed by atoms with E-state index in [4.69, 9.17) is 0 Å². The third-order valence-corrected chi connectivity index (χ3v) is 3.46. The number of hydrogen-bond acceptors (Lipinski definition) is 3. The predicted molar refractivity (Wildman–Crippen MR) is 65.2 cm³/mol. The zero-order valence-electron chi connectivity index (χ0n) is 10.6. The Bertz CT molecular complexity index is 255. The highest BCUT2D eigenvalue weighted by atomic mass is 16.5. The molecular weight excluding hydrogens is 202 g/mol. The highest BCUT2D eigenvalue weighted by Gasteiger charge is 2.20. The molecule has 0 saturated heterocycles. The molecule has 0 amide bonds. The standard InChI is InChI=1S/C13H23NO2/c1-10(13(15)16-3)8-9-14-11(2)12-6-4-5-7-12/h8,11-12,14H,4-7,9H2,1-3H3/t11-/m0/s1. The number of ether oxygens (including phenoxy) is 1. The Morgan fingerprint density at radius 1 is 1.50 bits per heavy atom. The van der Waals surface area contributed by atoms with Crippen LogP contribution in [-0.4, -0.2) is 25.7 Å². The largest absolute Gasteiger partial charge is 0.466 e. The maximum Gasteiger partial charge on any atom is 0.333 e. The van der Waals surface area contributed by atoms with Gasteiger partial charge >= 0.3 is 5.97 Å². The first-order chi connectivity index (χ1) is 7.65. The SMILES string of the molecule is COC(=O)C(C)=CCN[C@@H](C)C1CCCC1. The van der Waals surface area contributed by atoms with E-state index in [2.05, 4.69) is 17.0 Å². The lowest BCUT2D eigenvalue weighted by Gasteiger charge is -2.19. The zero-order chi connectivity index (χ0) is 12.0. The lowest BCUT2D eigenvalue weighted by molar-refractivity contribution is -0.136. The summed E-state index contributed by atoms with van der Waals surface area (Å²) in [7, 11) is 1.41. The fourth-order valence-electron chi connectivity index (χ4n) is 2.27. The van der Waals surface area contributed by atoms with E-state index in [1.165, 1.54) is 32.8 Å². The van der Waals surface area contributed by atoms with Crippen LogP contribution in [0.4, 0.5) is 0 Å². The summed E-state index contributed by atoms with van der Waals surface area (Å²) >= 11 is 0. The minimum atomic E-state index is -0.240. The summed E-state index contributed by atoms with van der Waals surface area (Å²) in [6.45, 7) is 4.77. The van der Waals surface area contributed by atoms with Crippen LogP contribution in [0.15, 0.2) is 11.6 Å². The second kappa shape index (κ2) is 6.69. The average Bonchev–Trinajstić information content (AvgIpc) is 2.81. The molecule has 0 aliphatic heterocycles. The molecule has 0 unspecified atom stereocenters. The van der Waals surface area contributed by atoms with Crippen LogP contribution in [0.3, 0.4) is 0 Å². The molecule has 92 valence electrons. The number of nitrogens with one attached hydrogen (secondary N) is 1. The topological polar surface area (TPSA) is 38.3 Å². The molecule has 1 aliphatic carbocycles. The summed E-state index contributed by atoms with van der Waals surface area (Å²) in [5.74, 6) is 0.571. The van der Waals surface area contributed by atoms with Gasteiger partial charge < -0.3 is 10.1 Å². The number of rotatable bonds is 5. The predicted octanol–water partition coefficient (Wildman–Crippen LogP) is 2.27. The molecule has 1 fully saturated rings. The van der Waals surface area contributed by atoms with Crippen molar-refractivity contribution in [3.05, 3.63) is 11.6 Å². The van der Waals surface area contributed by atoms with Gasteiger partial charge in [-0.15, -0.1) is 0 Å². The van der Waals surface area contributed by atoms with Crippen molar-refractivity contribution in [2.45, 2.75) is 45.6 Å². The molecule has 1 N–H and O–H groups in total. The van der Waals surface area contributed by atoms with E-state index in [1.54, 1.807) is 6.92 Å². The van der Waals surface area contributed by atoms with Crippen molar-refractivity contribution in [1.29, 1.82) is 0 Å². The molecule has 1 aliphatic rings. The van der Waals surface area contributed by atoms with E-state index in [0.29, 0.717) is 11.6 Å². The maximum absolute atomic E-state index is 11.1. The molecule has 0 radical (unpaired) electrons. The molecule has 0 bridgehead atoms. The van der Waals surface area contributed by atoms with Crippen LogP contribution >= 0.6 is 0 Å². The molecule has 1 saturated carbocycles. The number of hydrogen-bond donors (Lipinski definition) is 1. The fourth-order valence-corrected chi connectivity index (χ4v) is 2.27. The summed E-state index contributed by atoms with van der Waals surface area (Å²) in [4.78, 5) is 11.1. The van der Waals surface area contributed by atoms with Gasteiger partial charge in [0.1, 0.15) is 0 Å². The van der Waals surface area contributed by atoms with Crippen molar-refractivity contribution in [2.24, 2.45) is 5.92 Å². The van der Waals surface area contributed by atoms with Gasteiger partial charge in [0, 0.05) is 18.2 Å². The summed E-state index contributed by atoms with van der Waals surface area (Å²) in [6.07, 6.45) is 7.32. The van der Waals surface area contributed by atoms with E-state index < -0.39 is 0 Å². The van der Waals surface area contributed by atoms with Gasteiger partial charge in [0.25, 0.3) is 0 Å². The molecule has 3 heteroatoms. The van der Waals surface area contributed by atoms with Gasteiger partial charge in [-0.1, -0.05) is 18.9 Å².